The lowest BCUT2D eigenvalue weighted by atomic mass is 9.96. The van der Waals surface area contributed by atoms with Gasteiger partial charge in [-0.2, -0.15) is 23.3 Å². The number of aryl methyl sites for hydroxylation is 1. The maximum Gasteiger partial charge on any atom is 0.421 e. The zero-order valence-electron chi connectivity index (χ0n) is 18.2. The fourth-order valence-electron chi connectivity index (χ4n) is 3.93. The minimum atomic E-state index is -4.53. The van der Waals surface area contributed by atoms with Crippen molar-refractivity contribution < 1.29 is 17.9 Å². The number of halogens is 3. The molecule has 8 nitrogen and oxygen atoms in total. The first-order valence-electron chi connectivity index (χ1n) is 10.8. The summed E-state index contributed by atoms with van der Waals surface area (Å²) in [5, 5.41) is 10.1. The molecule has 2 aliphatic rings. The lowest BCUT2D eigenvalue weighted by Gasteiger charge is -2.41. The van der Waals surface area contributed by atoms with Crippen LogP contribution in [0.5, 0.6) is 0 Å². The van der Waals surface area contributed by atoms with Crippen molar-refractivity contribution >= 4 is 23.7 Å². The van der Waals surface area contributed by atoms with E-state index in [1.165, 1.54) is 0 Å². The van der Waals surface area contributed by atoms with Gasteiger partial charge in [-0.25, -0.2) is 9.67 Å². The van der Waals surface area contributed by atoms with Gasteiger partial charge in [0.15, 0.2) is 0 Å². The average Bonchev–Trinajstić information content (AvgIpc) is 3.04. The van der Waals surface area contributed by atoms with Crippen molar-refractivity contribution in [2.24, 2.45) is 5.92 Å². The Morgan fingerprint density at radius 1 is 1.31 bits per heavy atom. The monoisotopic (exact) mass is 451 g/mol. The summed E-state index contributed by atoms with van der Waals surface area (Å²) in [5.74, 6) is 0.276. The lowest BCUT2D eigenvalue weighted by Crippen LogP contribution is -2.52. The van der Waals surface area contributed by atoms with Gasteiger partial charge < -0.3 is 15.4 Å². The van der Waals surface area contributed by atoms with Gasteiger partial charge in [0.05, 0.1) is 36.8 Å². The van der Waals surface area contributed by atoms with Gasteiger partial charge in [-0.15, -0.1) is 0 Å². The van der Waals surface area contributed by atoms with Crippen LogP contribution in [-0.2, 0) is 10.9 Å². The third-order valence-electron chi connectivity index (χ3n) is 5.74. The molecule has 2 aliphatic heterocycles. The third-order valence-corrected chi connectivity index (χ3v) is 5.74. The molecule has 0 spiro atoms. The molecule has 0 bridgehead atoms. The van der Waals surface area contributed by atoms with Crippen molar-refractivity contribution in [3.05, 3.63) is 29.7 Å². The van der Waals surface area contributed by atoms with Crippen molar-refractivity contribution in [1.29, 1.82) is 0 Å². The second-order valence-corrected chi connectivity index (χ2v) is 8.15. The van der Waals surface area contributed by atoms with Crippen molar-refractivity contribution in [3.8, 4) is 0 Å². The van der Waals surface area contributed by atoms with Crippen LogP contribution in [0.4, 0.5) is 30.6 Å². The molecule has 4 heterocycles. The van der Waals surface area contributed by atoms with E-state index < -0.39 is 11.7 Å². The Morgan fingerprint density at radius 3 is 2.81 bits per heavy atom. The highest BCUT2D eigenvalue weighted by Gasteiger charge is 2.35. The van der Waals surface area contributed by atoms with Gasteiger partial charge in [0, 0.05) is 25.5 Å². The van der Waals surface area contributed by atoms with E-state index in [1.54, 1.807) is 17.8 Å². The Balaban J connectivity index is 1.43. The second kappa shape index (κ2) is 9.45. The predicted molar refractivity (Wildman–Crippen MR) is 116 cm³/mol. The van der Waals surface area contributed by atoms with Gasteiger partial charge >= 0.3 is 6.18 Å². The average molecular weight is 451 g/mol. The van der Waals surface area contributed by atoms with Gasteiger partial charge in [-0.05, 0) is 39.2 Å². The Bertz CT molecular complexity index is 955. The summed E-state index contributed by atoms with van der Waals surface area (Å²) in [6.07, 6.45) is 4.44. The van der Waals surface area contributed by atoms with Gasteiger partial charge in [0.2, 0.25) is 5.95 Å². The number of nitrogens with one attached hydrogen (secondary N) is 2. The summed E-state index contributed by atoms with van der Waals surface area (Å²) in [7, 11) is 0. The summed E-state index contributed by atoms with van der Waals surface area (Å²) in [6.45, 7) is 7.63. The SMILES string of the molecule is CCNc1nc(Nc2cn(/C=C/C3CCCN(C4COC4)C3)nc2C)ncc1C(F)(F)F. The number of piperidine rings is 1. The molecule has 0 radical (unpaired) electrons. The third kappa shape index (κ3) is 5.21. The molecule has 1 unspecified atom stereocenters. The van der Waals surface area contributed by atoms with Crippen LogP contribution in [0.3, 0.4) is 0 Å². The molecule has 2 aromatic rings. The van der Waals surface area contributed by atoms with Gasteiger partial charge in [-0.1, -0.05) is 6.08 Å². The molecule has 0 amide bonds. The van der Waals surface area contributed by atoms with Crippen molar-refractivity contribution in [3.63, 3.8) is 0 Å². The number of alkyl halides is 3. The quantitative estimate of drug-likeness (QED) is 0.664. The van der Waals surface area contributed by atoms with E-state index >= 15 is 0 Å². The van der Waals surface area contributed by atoms with Crippen molar-refractivity contribution in [2.45, 2.75) is 38.9 Å². The summed E-state index contributed by atoms with van der Waals surface area (Å²) >= 11 is 0. The fraction of sp³-hybridized carbons (Fsp3) is 0.571. The molecule has 2 saturated heterocycles. The van der Waals surface area contributed by atoms with Crippen LogP contribution in [-0.4, -0.2) is 63.5 Å². The normalized spacial score (nSPS) is 20.5. The molecule has 1 atom stereocenters. The lowest BCUT2D eigenvalue weighted by molar-refractivity contribution is -0.137. The van der Waals surface area contributed by atoms with E-state index in [1.807, 2.05) is 13.1 Å². The maximum absolute atomic E-state index is 13.2. The highest BCUT2D eigenvalue weighted by molar-refractivity contribution is 5.58. The number of hydrogen-bond acceptors (Lipinski definition) is 7. The van der Waals surface area contributed by atoms with Gasteiger partial charge in [0.25, 0.3) is 0 Å². The van der Waals surface area contributed by atoms with Crippen LogP contribution in [0, 0.1) is 12.8 Å². The molecule has 2 fully saturated rings. The number of ether oxygens (including phenoxy) is 1. The van der Waals surface area contributed by atoms with Crippen LogP contribution in [0.2, 0.25) is 0 Å². The summed E-state index contributed by atoms with van der Waals surface area (Å²) in [4.78, 5) is 10.3. The molecule has 2 aromatic heterocycles. The topological polar surface area (TPSA) is 80.1 Å². The van der Waals surface area contributed by atoms with Crippen molar-refractivity contribution in [1.82, 2.24) is 24.6 Å². The fourth-order valence-corrected chi connectivity index (χ4v) is 3.93. The summed E-state index contributed by atoms with van der Waals surface area (Å²) < 4.78 is 46.5. The van der Waals surface area contributed by atoms with E-state index in [9.17, 15) is 13.2 Å². The molecular weight excluding hydrogens is 423 g/mol. The molecule has 32 heavy (non-hydrogen) atoms. The number of likely N-dealkylation sites (tertiary alicyclic amines) is 1. The smallest absolute Gasteiger partial charge is 0.378 e. The first kappa shape index (κ1) is 22.5. The molecule has 0 aliphatic carbocycles. The van der Waals surface area contributed by atoms with Crippen LogP contribution in [0.25, 0.3) is 6.20 Å². The molecule has 174 valence electrons. The Kier molecular flexibility index (Phi) is 6.66. The van der Waals surface area contributed by atoms with Gasteiger partial charge in [-0.3, -0.25) is 4.90 Å². The van der Waals surface area contributed by atoms with Crippen LogP contribution >= 0.6 is 0 Å². The molecule has 11 heteroatoms. The van der Waals surface area contributed by atoms with Crippen LogP contribution < -0.4 is 10.6 Å². The number of hydrogen-bond donors (Lipinski definition) is 2. The van der Waals surface area contributed by atoms with E-state index in [4.69, 9.17) is 4.74 Å². The number of anilines is 3. The second-order valence-electron chi connectivity index (χ2n) is 8.15. The summed E-state index contributed by atoms with van der Waals surface area (Å²) in [6, 6.07) is 0.546. The molecular formula is C21H28F3N7O. The Hall–Kier alpha value is -2.66. The number of nitrogens with zero attached hydrogens (tertiary/aromatic N) is 5. The first-order valence-corrected chi connectivity index (χ1v) is 10.8. The number of aromatic nitrogens is 4. The van der Waals surface area contributed by atoms with E-state index in [0.29, 0.717) is 29.9 Å². The highest BCUT2D eigenvalue weighted by atomic mass is 19.4. The minimum Gasteiger partial charge on any atom is -0.378 e. The largest absolute Gasteiger partial charge is 0.421 e. The van der Waals surface area contributed by atoms with E-state index in [-0.39, 0.29) is 11.8 Å². The van der Waals surface area contributed by atoms with Crippen LogP contribution in [0.15, 0.2) is 18.5 Å². The van der Waals surface area contributed by atoms with Gasteiger partial charge in [0.1, 0.15) is 11.4 Å². The van der Waals surface area contributed by atoms with E-state index in [2.05, 4.69) is 36.7 Å². The molecule has 2 N–H and O–H groups in total. The predicted octanol–water partition coefficient (Wildman–Crippen LogP) is 3.76. The minimum absolute atomic E-state index is 0.0752. The molecule has 4 rings (SSSR count). The molecule has 0 saturated carbocycles. The molecule has 0 aromatic carbocycles. The van der Waals surface area contributed by atoms with E-state index in [0.717, 1.165) is 45.3 Å². The highest BCUT2D eigenvalue weighted by Crippen LogP contribution is 2.34. The zero-order chi connectivity index (χ0) is 22.7. The van der Waals surface area contributed by atoms with Crippen LogP contribution in [0.1, 0.15) is 31.0 Å². The summed E-state index contributed by atoms with van der Waals surface area (Å²) in [5.41, 5.74) is 0.434. The Labute approximate surface area is 184 Å². The Morgan fingerprint density at radius 2 is 2.12 bits per heavy atom. The maximum atomic E-state index is 13.2. The first-order chi connectivity index (χ1) is 15.3. The number of rotatable bonds is 7. The standard InChI is InChI=1S/C21H28F3N7O/c1-3-25-19-17(21(22,23)24)9-26-20(28-19)27-18-11-31(29-14(18)2)8-6-15-5-4-7-30(10-15)16-12-32-13-16/h6,8-9,11,15-16H,3-5,7,10,12-13H2,1-2H3,(H2,25,26,27,28)/b8-6+. The zero-order valence-corrected chi connectivity index (χ0v) is 18.2. The van der Waals surface area contributed by atoms with Crippen molar-refractivity contribution in [2.75, 3.05) is 43.5 Å².